The summed E-state index contributed by atoms with van der Waals surface area (Å²) in [4.78, 5) is 13.6. The highest BCUT2D eigenvalue weighted by molar-refractivity contribution is 4.72. The van der Waals surface area contributed by atoms with Crippen molar-refractivity contribution >= 4 is 0 Å². The summed E-state index contributed by atoms with van der Waals surface area (Å²) in [5.74, 6) is -0.0737. The molecule has 56 valence electrons. The summed E-state index contributed by atoms with van der Waals surface area (Å²) in [6, 6.07) is 1.89. The van der Waals surface area contributed by atoms with Crippen LogP contribution in [0.4, 0.5) is 0 Å². The lowest BCUT2D eigenvalue weighted by Gasteiger charge is -2.02. The van der Waals surface area contributed by atoms with Crippen LogP contribution in [0.2, 0.25) is 0 Å². The van der Waals surface area contributed by atoms with Crippen LogP contribution in [0, 0.1) is 27.4 Å². The van der Waals surface area contributed by atoms with Crippen molar-refractivity contribution in [2.45, 2.75) is 13.3 Å². The zero-order valence-electron chi connectivity index (χ0n) is 5.61. The summed E-state index contributed by atoms with van der Waals surface area (Å²) in [5, 5.41) is 16.9. The summed E-state index contributed by atoms with van der Waals surface area (Å²) in [7, 11) is 0. The number of nitriles is 1. The van der Waals surface area contributed by atoms with E-state index in [1.54, 1.807) is 6.92 Å². The molecule has 0 amide bonds. The Morgan fingerprint density at radius 2 is 2.50 bits per heavy atom. The summed E-state index contributed by atoms with van der Waals surface area (Å²) < 4.78 is 0. The van der Waals surface area contributed by atoms with E-state index in [0.717, 1.165) is 0 Å². The second-order valence-corrected chi connectivity index (χ2v) is 1.99. The van der Waals surface area contributed by atoms with E-state index in [-0.39, 0.29) is 18.9 Å². The van der Waals surface area contributed by atoms with Gasteiger partial charge in [0.15, 0.2) is 0 Å². The molecular weight excluding hydrogens is 136 g/mol. The molecule has 0 N–H and O–H groups in total. The van der Waals surface area contributed by atoms with E-state index in [2.05, 4.69) is 4.84 Å². The molecule has 0 fully saturated rings. The van der Waals surface area contributed by atoms with Crippen molar-refractivity contribution in [2.24, 2.45) is 5.92 Å². The molecule has 0 aromatic heterocycles. The van der Waals surface area contributed by atoms with Gasteiger partial charge < -0.3 is 4.84 Å². The molecule has 0 radical (unpaired) electrons. The third-order valence-electron chi connectivity index (χ3n) is 0.904. The monoisotopic (exact) mass is 144 g/mol. The molecule has 0 aliphatic heterocycles. The number of nitrogens with zero attached hydrogens (tertiary/aromatic N) is 2. The molecule has 5 heteroatoms. The molecular formula is C5H8N2O3. The molecule has 1 unspecified atom stereocenters. The Balaban J connectivity index is 3.32. The van der Waals surface area contributed by atoms with E-state index < -0.39 is 5.09 Å². The van der Waals surface area contributed by atoms with Crippen LogP contribution in [-0.2, 0) is 4.84 Å². The van der Waals surface area contributed by atoms with Crippen LogP contribution >= 0.6 is 0 Å². The van der Waals surface area contributed by atoms with Crippen molar-refractivity contribution in [2.75, 3.05) is 6.61 Å². The lowest BCUT2D eigenvalue weighted by Crippen LogP contribution is -2.09. The Morgan fingerprint density at radius 1 is 1.90 bits per heavy atom. The molecule has 0 heterocycles. The summed E-state index contributed by atoms with van der Waals surface area (Å²) in [5.41, 5.74) is 0. The average molecular weight is 144 g/mol. The Bertz CT molecular complexity index is 151. The summed E-state index contributed by atoms with van der Waals surface area (Å²) in [6.07, 6.45) is 0.286. The molecule has 5 nitrogen and oxygen atoms in total. The van der Waals surface area contributed by atoms with Crippen molar-refractivity contribution in [1.82, 2.24) is 0 Å². The molecule has 0 aromatic rings. The second-order valence-electron chi connectivity index (χ2n) is 1.99. The van der Waals surface area contributed by atoms with Crippen LogP contribution in [0.25, 0.3) is 0 Å². The fourth-order valence-corrected chi connectivity index (χ4v) is 0.403. The van der Waals surface area contributed by atoms with Gasteiger partial charge in [-0.1, -0.05) is 6.92 Å². The SMILES string of the molecule is CC(CC#N)CO[N+](=O)[O-]. The average Bonchev–Trinajstić information content (AvgIpc) is 1.85. The highest BCUT2D eigenvalue weighted by Crippen LogP contribution is 1.99. The topological polar surface area (TPSA) is 76.2 Å². The Morgan fingerprint density at radius 3 is 2.90 bits per heavy atom. The number of hydrogen-bond donors (Lipinski definition) is 0. The van der Waals surface area contributed by atoms with Gasteiger partial charge in [0.2, 0.25) is 0 Å². The number of rotatable bonds is 4. The van der Waals surface area contributed by atoms with Crippen LogP contribution in [-0.4, -0.2) is 11.7 Å². The van der Waals surface area contributed by atoms with Crippen molar-refractivity contribution < 1.29 is 9.92 Å². The molecule has 10 heavy (non-hydrogen) atoms. The molecule has 0 rings (SSSR count). The van der Waals surface area contributed by atoms with Crippen molar-refractivity contribution in [3.05, 3.63) is 10.1 Å². The minimum absolute atomic E-state index is 0.000556. The van der Waals surface area contributed by atoms with Crippen molar-refractivity contribution in [1.29, 1.82) is 5.26 Å². The summed E-state index contributed by atoms with van der Waals surface area (Å²) >= 11 is 0. The van der Waals surface area contributed by atoms with E-state index in [4.69, 9.17) is 5.26 Å². The van der Waals surface area contributed by atoms with Crippen LogP contribution in [0.1, 0.15) is 13.3 Å². The second kappa shape index (κ2) is 4.56. The maximum Gasteiger partial charge on any atom is 0.294 e. The predicted molar refractivity (Wildman–Crippen MR) is 32.3 cm³/mol. The smallest absolute Gasteiger partial charge is 0.294 e. The van der Waals surface area contributed by atoms with Gasteiger partial charge in [0.05, 0.1) is 6.07 Å². The molecule has 0 saturated carbocycles. The van der Waals surface area contributed by atoms with Gasteiger partial charge in [-0.25, -0.2) is 0 Å². The van der Waals surface area contributed by atoms with Gasteiger partial charge in [-0.15, -0.1) is 10.1 Å². The first-order valence-corrected chi connectivity index (χ1v) is 2.81. The Kier molecular flexibility index (Phi) is 3.96. The van der Waals surface area contributed by atoms with Gasteiger partial charge in [0.25, 0.3) is 5.09 Å². The fourth-order valence-electron chi connectivity index (χ4n) is 0.403. The molecule has 0 spiro atoms. The third kappa shape index (κ3) is 4.84. The maximum atomic E-state index is 9.61. The molecule has 0 saturated heterocycles. The van der Waals surface area contributed by atoms with Crippen LogP contribution in [0.5, 0.6) is 0 Å². The van der Waals surface area contributed by atoms with Crippen LogP contribution < -0.4 is 0 Å². The Labute approximate surface area is 58.3 Å². The van der Waals surface area contributed by atoms with Crippen molar-refractivity contribution in [3.8, 4) is 6.07 Å². The van der Waals surface area contributed by atoms with Crippen molar-refractivity contribution in [3.63, 3.8) is 0 Å². The minimum Gasteiger partial charge on any atom is -0.314 e. The zero-order valence-corrected chi connectivity index (χ0v) is 5.61. The molecule has 0 aromatic carbocycles. The standard InChI is InChI=1S/C5H8N2O3/c1-5(2-3-6)4-10-7(8)9/h5H,2,4H2,1H3. The number of hydrogen-bond acceptors (Lipinski definition) is 4. The lowest BCUT2D eigenvalue weighted by molar-refractivity contribution is -0.759. The van der Waals surface area contributed by atoms with Gasteiger partial charge in [-0.2, -0.15) is 5.26 Å². The fraction of sp³-hybridized carbons (Fsp3) is 0.800. The highest BCUT2D eigenvalue weighted by atomic mass is 16.9. The minimum atomic E-state index is -0.853. The first-order valence-electron chi connectivity index (χ1n) is 2.81. The van der Waals surface area contributed by atoms with Crippen LogP contribution in [0.3, 0.4) is 0 Å². The normalized spacial score (nSPS) is 11.6. The zero-order chi connectivity index (χ0) is 7.98. The molecule has 0 bridgehead atoms. The van der Waals surface area contributed by atoms with Gasteiger partial charge in [0, 0.05) is 6.42 Å². The van der Waals surface area contributed by atoms with E-state index in [9.17, 15) is 10.1 Å². The molecule has 0 aliphatic carbocycles. The first-order chi connectivity index (χ1) is 4.66. The molecule has 1 atom stereocenters. The van der Waals surface area contributed by atoms with Gasteiger partial charge in [-0.05, 0) is 5.92 Å². The van der Waals surface area contributed by atoms with Crippen LogP contribution in [0.15, 0.2) is 0 Å². The van der Waals surface area contributed by atoms with E-state index >= 15 is 0 Å². The first kappa shape index (κ1) is 8.69. The predicted octanol–water partition coefficient (Wildman–Crippen LogP) is 0.744. The lowest BCUT2D eigenvalue weighted by atomic mass is 10.1. The van der Waals surface area contributed by atoms with E-state index in [0.29, 0.717) is 0 Å². The highest BCUT2D eigenvalue weighted by Gasteiger charge is 2.02. The van der Waals surface area contributed by atoms with E-state index in [1.165, 1.54) is 0 Å². The maximum absolute atomic E-state index is 9.61. The quantitative estimate of drug-likeness (QED) is 0.430. The van der Waals surface area contributed by atoms with Gasteiger partial charge >= 0.3 is 0 Å². The van der Waals surface area contributed by atoms with E-state index in [1.807, 2.05) is 6.07 Å². The largest absolute Gasteiger partial charge is 0.314 e. The van der Waals surface area contributed by atoms with Gasteiger partial charge in [-0.3, -0.25) is 0 Å². The Hall–Kier alpha value is -1.31. The third-order valence-corrected chi connectivity index (χ3v) is 0.904. The van der Waals surface area contributed by atoms with Gasteiger partial charge in [0.1, 0.15) is 6.61 Å². The molecule has 0 aliphatic rings. The summed E-state index contributed by atoms with van der Waals surface area (Å²) in [6.45, 7) is 1.72.